The summed E-state index contributed by atoms with van der Waals surface area (Å²) in [6, 6.07) is 7.26. The van der Waals surface area contributed by atoms with Crippen molar-refractivity contribution in [1.29, 1.82) is 0 Å². The van der Waals surface area contributed by atoms with E-state index in [0.29, 0.717) is 30.0 Å². The monoisotopic (exact) mass is 276 g/mol. The van der Waals surface area contributed by atoms with Gasteiger partial charge in [0, 0.05) is 37.2 Å². The smallest absolute Gasteiger partial charge is 0.225 e. The van der Waals surface area contributed by atoms with Crippen molar-refractivity contribution in [3.05, 3.63) is 35.6 Å². The fraction of sp³-hybridized carbons (Fsp3) is 0.562. The van der Waals surface area contributed by atoms with Crippen molar-refractivity contribution in [2.45, 2.75) is 38.3 Å². The fourth-order valence-corrected chi connectivity index (χ4v) is 2.79. The number of hydrogen-bond donors (Lipinski definition) is 1. The van der Waals surface area contributed by atoms with Gasteiger partial charge in [-0.05, 0) is 31.7 Å². The highest BCUT2D eigenvalue weighted by molar-refractivity contribution is 5.81. The van der Waals surface area contributed by atoms with Gasteiger partial charge in [0.25, 0.3) is 0 Å². The quantitative estimate of drug-likeness (QED) is 0.915. The van der Waals surface area contributed by atoms with E-state index in [2.05, 4.69) is 5.32 Å². The first-order valence-electron chi connectivity index (χ1n) is 7.49. The molecule has 1 saturated carbocycles. The second-order valence-electron chi connectivity index (χ2n) is 5.85. The first-order chi connectivity index (χ1) is 9.74. The zero-order valence-corrected chi connectivity index (χ0v) is 11.6. The van der Waals surface area contributed by atoms with Crippen LogP contribution in [0.1, 0.15) is 31.2 Å². The Morgan fingerprint density at radius 2 is 1.90 bits per heavy atom. The van der Waals surface area contributed by atoms with E-state index in [4.69, 9.17) is 0 Å². The van der Waals surface area contributed by atoms with E-state index in [0.717, 1.165) is 38.8 Å². The lowest BCUT2D eigenvalue weighted by molar-refractivity contribution is -0.133. The van der Waals surface area contributed by atoms with Crippen molar-refractivity contribution in [1.82, 2.24) is 10.2 Å². The van der Waals surface area contributed by atoms with Crippen molar-refractivity contribution in [3.63, 3.8) is 0 Å². The van der Waals surface area contributed by atoms with Crippen molar-refractivity contribution in [3.8, 4) is 0 Å². The summed E-state index contributed by atoms with van der Waals surface area (Å²) in [7, 11) is 0. The number of rotatable bonds is 4. The van der Waals surface area contributed by atoms with Gasteiger partial charge < -0.3 is 10.2 Å². The first kappa shape index (κ1) is 13.6. The number of carbonyl (C=O) groups is 1. The molecule has 20 heavy (non-hydrogen) atoms. The van der Waals surface area contributed by atoms with Crippen LogP contribution in [0.2, 0.25) is 0 Å². The summed E-state index contributed by atoms with van der Waals surface area (Å²) in [5, 5.41) is 3.41. The molecule has 0 bridgehead atoms. The van der Waals surface area contributed by atoms with E-state index >= 15 is 0 Å². The van der Waals surface area contributed by atoms with Gasteiger partial charge in [0.15, 0.2) is 0 Å². The van der Waals surface area contributed by atoms with E-state index in [-0.39, 0.29) is 5.82 Å². The minimum Gasteiger partial charge on any atom is -0.342 e. The second-order valence-corrected chi connectivity index (χ2v) is 5.85. The molecule has 0 atom stereocenters. The molecular weight excluding hydrogens is 255 g/mol. The van der Waals surface area contributed by atoms with Gasteiger partial charge in [-0.25, -0.2) is 4.39 Å². The van der Waals surface area contributed by atoms with Crippen LogP contribution in [0, 0.1) is 11.7 Å². The molecule has 1 aliphatic heterocycles. The van der Waals surface area contributed by atoms with Gasteiger partial charge in [-0.1, -0.05) is 18.2 Å². The minimum atomic E-state index is -0.152. The molecule has 3 rings (SSSR count). The maximum Gasteiger partial charge on any atom is 0.225 e. The Morgan fingerprint density at radius 1 is 1.20 bits per heavy atom. The summed E-state index contributed by atoms with van der Waals surface area (Å²) in [5.74, 6) is 0.511. The number of nitrogens with one attached hydrogen (secondary N) is 1. The highest BCUT2D eigenvalue weighted by atomic mass is 19.1. The largest absolute Gasteiger partial charge is 0.342 e. The minimum absolute atomic E-state index is 0.152. The highest BCUT2D eigenvalue weighted by Gasteiger charge is 2.34. The molecule has 1 N–H and O–H groups in total. The normalized spacial score (nSPS) is 20.1. The summed E-state index contributed by atoms with van der Waals surface area (Å²) < 4.78 is 13.5. The maximum atomic E-state index is 13.5. The number of carbonyl (C=O) groups excluding carboxylic acids is 1. The molecule has 1 aliphatic carbocycles. The molecule has 108 valence electrons. The van der Waals surface area contributed by atoms with Crippen LogP contribution in [0.4, 0.5) is 4.39 Å². The number of piperidine rings is 1. The summed E-state index contributed by atoms with van der Waals surface area (Å²) in [5.41, 5.74) is 0.712. The molecule has 1 amide bonds. The fourth-order valence-electron chi connectivity index (χ4n) is 2.79. The van der Waals surface area contributed by atoms with Crippen molar-refractivity contribution >= 4 is 5.91 Å². The third-order valence-electron chi connectivity index (χ3n) is 4.27. The van der Waals surface area contributed by atoms with Crippen LogP contribution in [0.3, 0.4) is 0 Å². The van der Waals surface area contributed by atoms with Crippen LogP contribution >= 0.6 is 0 Å². The van der Waals surface area contributed by atoms with E-state index in [1.165, 1.54) is 6.07 Å². The summed E-state index contributed by atoms with van der Waals surface area (Å²) >= 11 is 0. The molecule has 3 nitrogen and oxygen atoms in total. The van der Waals surface area contributed by atoms with Crippen LogP contribution in [0.5, 0.6) is 0 Å². The van der Waals surface area contributed by atoms with Crippen molar-refractivity contribution in [2.24, 2.45) is 5.92 Å². The van der Waals surface area contributed by atoms with Crippen molar-refractivity contribution < 1.29 is 9.18 Å². The molecule has 0 radical (unpaired) electrons. The molecule has 4 heteroatoms. The number of nitrogens with zero attached hydrogens (tertiary/aromatic N) is 1. The van der Waals surface area contributed by atoms with Gasteiger partial charge in [-0.15, -0.1) is 0 Å². The first-order valence-corrected chi connectivity index (χ1v) is 7.49. The summed E-state index contributed by atoms with van der Waals surface area (Å²) in [4.78, 5) is 13.9. The molecule has 1 heterocycles. The van der Waals surface area contributed by atoms with E-state index < -0.39 is 0 Å². The lowest BCUT2D eigenvalue weighted by Crippen LogP contribution is -2.45. The average Bonchev–Trinajstić information content (AvgIpc) is 3.31. The van der Waals surface area contributed by atoms with Gasteiger partial charge >= 0.3 is 0 Å². The Balaban J connectivity index is 1.44. The predicted octanol–water partition coefficient (Wildman–Crippen LogP) is 2.32. The maximum absolute atomic E-state index is 13.5. The lowest BCUT2D eigenvalue weighted by atomic mass is 10.0. The zero-order chi connectivity index (χ0) is 13.9. The lowest BCUT2D eigenvalue weighted by Gasteiger charge is -2.32. The number of amides is 1. The van der Waals surface area contributed by atoms with Crippen LogP contribution in [-0.2, 0) is 11.3 Å². The highest BCUT2D eigenvalue weighted by Crippen LogP contribution is 2.31. The molecule has 1 saturated heterocycles. The molecule has 1 aromatic carbocycles. The Hall–Kier alpha value is -1.42. The molecule has 0 unspecified atom stereocenters. The van der Waals surface area contributed by atoms with E-state index in [9.17, 15) is 9.18 Å². The number of benzene rings is 1. The summed E-state index contributed by atoms with van der Waals surface area (Å²) in [6.07, 6.45) is 4.08. The second kappa shape index (κ2) is 5.92. The summed E-state index contributed by atoms with van der Waals surface area (Å²) in [6.45, 7) is 2.24. The topological polar surface area (TPSA) is 32.3 Å². The van der Waals surface area contributed by atoms with Crippen LogP contribution in [-0.4, -0.2) is 29.9 Å². The zero-order valence-electron chi connectivity index (χ0n) is 11.6. The van der Waals surface area contributed by atoms with Gasteiger partial charge in [0.05, 0.1) is 0 Å². The average molecular weight is 276 g/mol. The predicted molar refractivity (Wildman–Crippen MR) is 75.6 cm³/mol. The van der Waals surface area contributed by atoms with Gasteiger partial charge in [-0.3, -0.25) is 4.79 Å². The standard InChI is InChI=1S/C16H21FN2O/c17-15-4-2-1-3-13(15)11-18-14-7-9-19(10-8-14)16(20)12-5-6-12/h1-4,12,14,18H,5-11H2. The molecule has 2 fully saturated rings. The third-order valence-corrected chi connectivity index (χ3v) is 4.27. The van der Waals surface area contributed by atoms with Crippen LogP contribution < -0.4 is 5.32 Å². The molecule has 0 aromatic heterocycles. The van der Waals surface area contributed by atoms with E-state index in [1.807, 2.05) is 17.0 Å². The Kier molecular flexibility index (Phi) is 4.01. The van der Waals surface area contributed by atoms with Gasteiger partial charge in [0.1, 0.15) is 5.82 Å². The third kappa shape index (κ3) is 3.18. The van der Waals surface area contributed by atoms with Crippen molar-refractivity contribution in [2.75, 3.05) is 13.1 Å². The molecule has 1 aromatic rings. The van der Waals surface area contributed by atoms with Crippen LogP contribution in [0.15, 0.2) is 24.3 Å². The number of halogens is 1. The van der Waals surface area contributed by atoms with Crippen LogP contribution in [0.25, 0.3) is 0 Å². The Bertz CT molecular complexity index is 479. The van der Waals surface area contributed by atoms with Gasteiger partial charge in [0.2, 0.25) is 5.91 Å². The molecule has 2 aliphatic rings. The Labute approximate surface area is 119 Å². The Morgan fingerprint density at radius 3 is 2.55 bits per heavy atom. The SMILES string of the molecule is O=C(C1CC1)N1CCC(NCc2ccccc2F)CC1. The van der Waals surface area contributed by atoms with E-state index in [1.54, 1.807) is 6.07 Å². The van der Waals surface area contributed by atoms with Gasteiger partial charge in [-0.2, -0.15) is 0 Å². The number of hydrogen-bond acceptors (Lipinski definition) is 2. The molecule has 0 spiro atoms. The number of likely N-dealkylation sites (tertiary alicyclic amines) is 1. The molecular formula is C16H21FN2O.